The van der Waals surface area contributed by atoms with Gasteiger partial charge in [-0.3, -0.25) is 0 Å². The molecule has 3 aromatic carbocycles. The Bertz CT molecular complexity index is 1470. The Morgan fingerprint density at radius 3 is 2.20 bits per heavy atom. The van der Waals surface area contributed by atoms with E-state index in [9.17, 15) is 33.0 Å². The lowest BCUT2D eigenvalue weighted by atomic mass is 9.90. The molecule has 0 saturated heterocycles. The van der Waals surface area contributed by atoms with Crippen molar-refractivity contribution in [3.63, 3.8) is 0 Å². The Labute approximate surface area is 197 Å². The number of carbonyl (C=O) groups is 2. The van der Waals surface area contributed by atoms with Gasteiger partial charge >= 0.3 is 18.1 Å². The van der Waals surface area contributed by atoms with Gasteiger partial charge in [-0.15, -0.1) is 10.2 Å². The number of aromatic amines is 1. The maximum absolute atomic E-state index is 15.4. The minimum Gasteiger partial charge on any atom is -0.478 e. The Balaban J connectivity index is 2.04. The van der Waals surface area contributed by atoms with Crippen LogP contribution in [-0.2, 0) is 6.18 Å². The van der Waals surface area contributed by atoms with Crippen LogP contribution in [0, 0.1) is 5.82 Å². The van der Waals surface area contributed by atoms with Crippen LogP contribution in [0.3, 0.4) is 0 Å². The first-order valence-electron chi connectivity index (χ1n) is 9.53. The van der Waals surface area contributed by atoms with Gasteiger partial charge in [-0.25, -0.2) is 14.0 Å². The van der Waals surface area contributed by atoms with Crippen LogP contribution in [0.1, 0.15) is 26.3 Å². The van der Waals surface area contributed by atoms with Gasteiger partial charge in [0.25, 0.3) is 0 Å². The summed E-state index contributed by atoms with van der Waals surface area (Å²) in [5, 5.41) is 32.1. The Kier molecular flexibility index (Phi) is 5.99. The second-order valence-electron chi connectivity index (χ2n) is 7.18. The summed E-state index contributed by atoms with van der Waals surface area (Å²) < 4.78 is 55.4. The lowest BCUT2D eigenvalue weighted by Crippen LogP contribution is -2.08. The number of hydrogen-bond donors (Lipinski definition) is 3. The molecule has 0 bridgehead atoms. The van der Waals surface area contributed by atoms with Crippen LogP contribution in [-0.4, -0.2) is 42.8 Å². The highest BCUT2D eigenvalue weighted by molar-refractivity contribution is 6.33. The summed E-state index contributed by atoms with van der Waals surface area (Å²) in [5.74, 6) is -4.07. The molecule has 35 heavy (non-hydrogen) atoms. The first-order valence-corrected chi connectivity index (χ1v) is 9.90. The molecule has 178 valence electrons. The molecule has 3 N–H and O–H groups in total. The first-order chi connectivity index (χ1) is 16.5. The van der Waals surface area contributed by atoms with Crippen molar-refractivity contribution in [2.45, 2.75) is 6.18 Å². The van der Waals surface area contributed by atoms with E-state index >= 15 is 4.39 Å². The maximum atomic E-state index is 15.4. The Hall–Kier alpha value is -4.32. The number of hydrogen-bond acceptors (Lipinski definition) is 5. The number of nitrogens with one attached hydrogen (secondary N) is 1. The molecule has 0 amide bonds. The van der Waals surface area contributed by atoms with E-state index in [0.717, 1.165) is 18.2 Å². The van der Waals surface area contributed by atoms with Crippen molar-refractivity contribution in [2.75, 3.05) is 0 Å². The molecule has 0 aliphatic heterocycles. The second-order valence-corrected chi connectivity index (χ2v) is 7.58. The molecule has 13 heteroatoms. The van der Waals surface area contributed by atoms with E-state index in [1.165, 1.54) is 18.2 Å². The van der Waals surface area contributed by atoms with E-state index in [0.29, 0.717) is 12.1 Å². The largest absolute Gasteiger partial charge is 0.478 e. The summed E-state index contributed by atoms with van der Waals surface area (Å²) >= 11 is 6.23. The molecule has 4 rings (SSSR count). The van der Waals surface area contributed by atoms with E-state index in [-0.39, 0.29) is 33.1 Å². The predicted molar refractivity (Wildman–Crippen MR) is 114 cm³/mol. The standard InChI is InChI=1S/C22H11ClF4N4O4/c23-17-4-1-9(20(32)33)5-14(17)13-8-18(24)15(7-16(13)19-28-30-31-29-19)12-6-10(22(25,26)27)2-3-11(12)21(34)35/h1-8H,(H,32,33)(H,34,35)(H,28,29,30,31). The van der Waals surface area contributed by atoms with Gasteiger partial charge in [-0.2, -0.15) is 18.4 Å². The fourth-order valence-electron chi connectivity index (χ4n) is 3.46. The fourth-order valence-corrected chi connectivity index (χ4v) is 3.68. The van der Waals surface area contributed by atoms with E-state index in [4.69, 9.17) is 11.6 Å². The van der Waals surface area contributed by atoms with Gasteiger partial charge in [-0.05, 0) is 64.9 Å². The van der Waals surface area contributed by atoms with Crippen LogP contribution in [0.2, 0.25) is 5.02 Å². The van der Waals surface area contributed by atoms with E-state index in [1.807, 2.05) is 0 Å². The fraction of sp³-hybridized carbons (Fsp3) is 0.0455. The van der Waals surface area contributed by atoms with Crippen molar-refractivity contribution >= 4 is 23.5 Å². The van der Waals surface area contributed by atoms with Crippen molar-refractivity contribution in [3.8, 4) is 33.6 Å². The van der Waals surface area contributed by atoms with Crippen molar-refractivity contribution in [3.05, 3.63) is 76.1 Å². The van der Waals surface area contributed by atoms with Crippen LogP contribution in [0.15, 0.2) is 48.5 Å². The number of benzene rings is 3. The molecule has 0 atom stereocenters. The summed E-state index contributed by atoms with van der Waals surface area (Å²) in [6, 6.07) is 7.47. The number of H-pyrrole nitrogens is 1. The van der Waals surface area contributed by atoms with Gasteiger partial charge < -0.3 is 10.2 Å². The van der Waals surface area contributed by atoms with Crippen LogP contribution in [0.5, 0.6) is 0 Å². The van der Waals surface area contributed by atoms with Crippen LogP contribution in [0.4, 0.5) is 17.6 Å². The Morgan fingerprint density at radius 2 is 1.60 bits per heavy atom. The van der Waals surface area contributed by atoms with Gasteiger partial charge in [0.15, 0.2) is 0 Å². The third-order valence-electron chi connectivity index (χ3n) is 5.06. The van der Waals surface area contributed by atoms with Gasteiger partial charge in [0, 0.05) is 21.7 Å². The molecule has 1 heterocycles. The quantitative estimate of drug-likeness (QED) is 0.309. The average molecular weight is 507 g/mol. The number of rotatable bonds is 5. The zero-order chi connectivity index (χ0) is 25.5. The van der Waals surface area contributed by atoms with Crippen LogP contribution < -0.4 is 0 Å². The van der Waals surface area contributed by atoms with Crippen LogP contribution in [0.25, 0.3) is 33.6 Å². The summed E-state index contributed by atoms with van der Waals surface area (Å²) in [5.41, 5.74) is -2.86. The third-order valence-corrected chi connectivity index (χ3v) is 5.39. The molecule has 0 fully saturated rings. The lowest BCUT2D eigenvalue weighted by molar-refractivity contribution is -0.137. The normalized spacial score (nSPS) is 11.5. The highest BCUT2D eigenvalue weighted by atomic mass is 35.5. The number of alkyl halides is 3. The number of nitrogens with zero attached hydrogens (tertiary/aromatic N) is 3. The molecule has 0 aliphatic rings. The number of aromatic nitrogens is 4. The van der Waals surface area contributed by atoms with E-state index in [1.54, 1.807) is 0 Å². The van der Waals surface area contributed by atoms with Gasteiger partial charge in [0.1, 0.15) is 5.82 Å². The molecular weight excluding hydrogens is 496 g/mol. The smallest absolute Gasteiger partial charge is 0.416 e. The molecule has 8 nitrogen and oxygen atoms in total. The van der Waals surface area contributed by atoms with Gasteiger partial charge in [0.05, 0.1) is 16.7 Å². The van der Waals surface area contributed by atoms with Gasteiger partial charge in [-0.1, -0.05) is 11.6 Å². The van der Waals surface area contributed by atoms with E-state index in [2.05, 4.69) is 20.6 Å². The Morgan fingerprint density at radius 1 is 0.857 bits per heavy atom. The number of tetrazole rings is 1. The molecule has 0 saturated carbocycles. The first kappa shape index (κ1) is 23.8. The second kappa shape index (κ2) is 8.80. The summed E-state index contributed by atoms with van der Waals surface area (Å²) in [4.78, 5) is 23.1. The van der Waals surface area contributed by atoms with Crippen LogP contribution >= 0.6 is 11.6 Å². The molecule has 0 radical (unpaired) electrons. The zero-order valence-corrected chi connectivity index (χ0v) is 17.8. The summed E-state index contributed by atoms with van der Waals surface area (Å²) in [7, 11) is 0. The lowest BCUT2D eigenvalue weighted by Gasteiger charge is -2.16. The minimum absolute atomic E-state index is 0.00426. The monoisotopic (exact) mass is 506 g/mol. The highest BCUT2D eigenvalue weighted by Crippen LogP contribution is 2.41. The number of carboxylic acid groups (broad SMARTS) is 2. The molecule has 0 unspecified atom stereocenters. The molecule has 1 aromatic heterocycles. The summed E-state index contributed by atoms with van der Waals surface area (Å²) in [6.07, 6.45) is -4.82. The summed E-state index contributed by atoms with van der Waals surface area (Å²) in [6.45, 7) is 0. The number of carboxylic acids is 2. The van der Waals surface area contributed by atoms with Crippen molar-refractivity contribution in [1.82, 2.24) is 20.6 Å². The van der Waals surface area contributed by atoms with Crippen molar-refractivity contribution in [2.24, 2.45) is 0 Å². The van der Waals surface area contributed by atoms with Crippen molar-refractivity contribution < 1.29 is 37.4 Å². The molecule has 0 spiro atoms. The molecule has 4 aromatic rings. The highest BCUT2D eigenvalue weighted by Gasteiger charge is 2.32. The SMILES string of the molecule is O=C(O)c1ccc(Cl)c(-c2cc(F)c(-c3cc(C(F)(F)F)ccc3C(=O)O)cc2-c2nn[nH]n2)c1. The van der Waals surface area contributed by atoms with Gasteiger partial charge in [0.2, 0.25) is 5.82 Å². The molecular formula is C22H11ClF4N4O4. The maximum Gasteiger partial charge on any atom is 0.416 e. The predicted octanol–water partition coefficient (Wildman–Crippen LogP) is 5.41. The van der Waals surface area contributed by atoms with Crippen molar-refractivity contribution in [1.29, 1.82) is 0 Å². The number of aromatic carboxylic acids is 2. The third kappa shape index (κ3) is 4.55. The van der Waals surface area contributed by atoms with E-state index < -0.39 is 46.2 Å². The number of halogens is 5. The zero-order valence-electron chi connectivity index (χ0n) is 17.1. The minimum atomic E-state index is -4.82. The topological polar surface area (TPSA) is 129 Å². The molecule has 0 aliphatic carbocycles. The average Bonchev–Trinajstić information content (AvgIpc) is 3.33.